The van der Waals surface area contributed by atoms with Crippen LogP contribution in [0.1, 0.15) is 38.4 Å². The molecule has 1 aliphatic rings. The van der Waals surface area contributed by atoms with Gasteiger partial charge in [0.1, 0.15) is 6.17 Å². The van der Waals surface area contributed by atoms with Crippen molar-refractivity contribution < 1.29 is 14.3 Å². The summed E-state index contributed by atoms with van der Waals surface area (Å²) < 4.78 is 4.67. The second-order valence-corrected chi connectivity index (χ2v) is 6.45. The first-order valence-electron chi connectivity index (χ1n) is 7.18. The number of nitrogens with one attached hydrogen (secondary N) is 1. The Balaban J connectivity index is 2.12. The summed E-state index contributed by atoms with van der Waals surface area (Å²) in [6.45, 7) is 4.59. The summed E-state index contributed by atoms with van der Waals surface area (Å²) in [5.74, 6) is 0.220. The summed E-state index contributed by atoms with van der Waals surface area (Å²) in [7, 11) is 1.37. The Bertz CT molecular complexity index is 487. The molecule has 1 fully saturated rings. The third-order valence-corrected chi connectivity index (χ3v) is 4.30. The lowest BCUT2D eigenvalue weighted by molar-refractivity contribution is -0.141. The summed E-state index contributed by atoms with van der Waals surface area (Å²) >= 11 is 1.60. The minimum absolute atomic E-state index is 0.0730. The van der Waals surface area contributed by atoms with Crippen LogP contribution in [0.25, 0.3) is 0 Å². The smallest absolute Gasteiger partial charge is 0.307 e. The molecule has 0 bridgehead atoms. The van der Waals surface area contributed by atoms with Gasteiger partial charge in [-0.2, -0.15) is 11.3 Å². The summed E-state index contributed by atoms with van der Waals surface area (Å²) in [5, 5.41) is 7.43. The van der Waals surface area contributed by atoms with Crippen molar-refractivity contribution in [2.75, 3.05) is 13.7 Å². The number of nitrogens with zero attached hydrogens (tertiary/aromatic N) is 1. The summed E-state index contributed by atoms with van der Waals surface area (Å²) in [6.07, 6.45) is 0.879. The van der Waals surface area contributed by atoms with E-state index in [1.165, 1.54) is 7.11 Å². The first kappa shape index (κ1) is 16.0. The molecule has 0 radical (unpaired) electrons. The van der Waals surface area contributed by atoms with Crippen LogP contribution in [0.2, 0.25) is 0 Å². The number of amides is 1. The van der Waals surface area contributed by atoms with Crippen LogP contribution in [0.5, 0.6) is 0 Å². The molecular weight excluding hydrogens is 288 g/mol. The van der Waals surface area contributed by atoms with E-state index in [0.717, 1.165) is 12.0 Å². The van der Waals surface area contributed by atoms with Gasteiger partial charge in [-0.25, -0.2) is 0 Å². The Morgan fingerprint density at radius 2 is 2.29 bits per heavy atom. The van der Waals surface area contributed by atoms with Crippen LogP contribution in [0.15, 0.2) is 16.8 Å². The molecule has 2 atom stereocenters. The van der Waals surface area contributed by atoms with Crippen LogP contribution < -0.4 is 5.32 Å². The third kappa shape index (κ3) is 3.83. The van der Waals surface area contributed by atoms with Gasteiger partial charge in [0.2, 0.25) is 5.91 Å². The maximum Gasteiger partial charge on any atom is 0.307 e. The highest BCUT2D eigenvalue weighted by molar-refractivity contribution is 7.07. The van der Waals surface area contributed by atoms with Crippen LogP contribution in [-0.4, -0.2) is 36.5 Å². The number of rotatable bonds is 6. The fraction of sp³-hybridized carbons (Fsp3) is 0.600. The van der Waals surface area contributed by atoms with Gasteiger partial charge in [0.05, 0.1) is 19.6 Å². The summed E-state index contributed by atoms with van der Waals surface area (Å²) in [5.41, 5.74) is 1.07. The second-order valence-electron chi connectivity index (χ2n) is 5.67. The van der Waals surface area contributed by atoms with Crippen molar-refractivity contribution >= 4 is 23.2 Å². The molecule has 0 spiro atoms. The van der Waals surface area contributed by atoms with Gasteiger partial charge in [0, 0.05) is 6.54 Å². The molecule has 1 saturated heterocycles. The Morgan fingerprint density at radius 1 is 1.52 bits per heavy atom. The average Bonchev–Trinajstić information content (AvgIpc) is 3.05. The van der Waals surface area contributed by atoms with Crippen molar-refractivity contribution in [3.63, 3.8) is 0 Å². The van der Waals surface area contributed by atoms with E-state index < -0.39 is 0 Å². The fourth-order valence-electron chi connectivity index (χ4n) is 2.58. The summed E-state index contributed by atoms with van der Waals surface area (Å²) in [6, 6.07) is 1.84. The number of carbonyl (C=O) groups is 2. The number of thiophene rings is 1. The molecule has 0 saturated carbocycles. The van der Waals surface area contributed by atoms with Crippen molar-refractivity contribution in [1.82, 2.24) is 10.2 Å². The van der Waals surface area contributed by atoms with Gasteiger partial charge in [-0.15, -0.1) is 0 Å². The zero-order chi connectivity index (χ0) is 15.4. The molecule has 1 aromatic rings. The van der Waals surface area contributed by atoms with Gasteiger partial charge in [-0.3, -0.25) is 14.9 Å². The lowest BCUT2D eigenvalue weighted by Gasteiger charge is -2.23. The molecule has 1 N–H and O–H groups in total. The Hall–Kier alpha value is -1.40. The van der Waals surface area contributed by atoms with E-state index in [9.17, 15) is 9.59 Å². The number of ether oxygens (including phenoxy) is 1. The zero-order valence-electron chi connectivity index (χ0n) is 12.7. The number of carbonyl (C=O) groups excluding carboxylic acids is 2. The van der Waals surface area contributed by atoms with Gasteiger partial charge in [-0.1, -0.05) is 13.8 Å². The molecule has 1 aliphatic heterocycles. The van der Waals surface area contributed by atoms with E-state index in [0.29, 0.717) is 12.5 Å². The molecule has 1 amide bonds. The Labute approximate surface area is 129 Å². The van der Waals surface area contributed by atoms with Crippen LogP contribution >= 0.6 is 11.3 Å². The predicted octanol–water partition coefficient (Wildman–Crippen LogP) is 2.16. The Morgan fingerprint density at radius 3 is 2.86 bits per heavy atom. The lowest BCUT2D eigenvalue weighted by Crippen LogP contribution is -2.33. The molecule has 116 valence electrons. The normalized spacial score (nSPS) is 22.1. The molecule has 6 heteroatoms. The predicted molar refractivity (Wildman–Crippen MR) is 81.8 cm³/mol. The van der Waals surface area contributed by atoms with E-state index in [4.69, 9.17) is 0 Å². The fourth-order valence-corrected chi connectivity index (χ4v) is 3.26. The van der Waals surface area contributed by atoms with E-state index in [1.54, 1.807) is 16.2 Å². The number of methoxy groups -OCH3 is 1. The maximum atomic E-state index is 12.6. The highest BCUT2D eigenvalue weighted by Gasteiger charge is 2.39. The first-order valence-corrected chi connectivity index (χ1v) is 8.12. The lowest BCUT2D eigenvalue weighted by atomic mass is 10.0. The highest BCUT2D eigenvalue weighted by Crippen LogP contribution is 2.29. The van der Waals surface area contributed by atoms with Gasteiger partial charge in [0.25, 0.3) is 0 Å². The van der Waals surface area contributed by atoms with E-state index in [1.807, 2.05) is 16.8 Å². The SMILES string of the molecule is COC(=O)CCN1C(=O)C(CC(C)C)NC1c1ccsc1. The molecule has 2 heterocycles. The molecular formula is C15H22N2O3S. The van der Waals surface area contributed by atoms with Crippen molar-refractivity contribution in [1.29, 1.82) is 0 Å². The van der Waals surface area contributed by atoms with Crippen LogP contribution in [-0.2, 0) is 14.3 Å². The molecule has 0 aliphatic carbocycles. The maximum absolute atomic E-state index is 12.6. The van der Waals surface area contributed by atoms with Crippen LogP contribution in [0.3, 0.4) is 0 Å². The van der Waals surface area contributed by atoms with E-state index in [2.05, 4.69) is 23.9 Å². The van der Waals surface area contributed by atoms with Crippen molar-refractivity contribution in [3.05, 3.63) is 22.4 Å². The Kier molecular flexibility index (Phi) is 5.36. The summed E-state index contributed by atoms with van der Waals surface area (Å²) in [4.78, 5) is 25.7. The number of esters is 1. The van der Waals surface area contributed by atoms with Crippen molar-refractivity contribution in [3.8, 4) is 0 Å². The topological polar surface area (TPSA) is 58.6 Å². The molecule has 5 nitrogen and oxygen atoms in total. The third-order valence-electron chi connectivity index (χ3n) is 3.60. The quantitative estimate of drug-likeness (QED) is 0.818. The van der Waals surface area contributed by atoms with Crippen LogP contribution in [0, 0.1) is 5.92 Å². The van der Waals surface area contributed by atoms with E-state index >= 15 is 0 Å². The number of hydrogen-bond donors (Lipinski definition) is 1. The number of hydrogen-bond acceptors (Lipinski definition) is 5. The zero-order valence-corrected chi connectivity index (χ0v) is 13.5. The minimum atomic E-state index is -0.292. The molecule has 21 heavy (non-hydrogen) atoms. The first-order chi connectivity index (χ1) is 10.0. The van der Waals surface area contributed by atoms with Crippen molar-refractivity contribution in [2.24, 2.45) is 5.92 Å². The van der Waals surface area contributed by atoms with E-state index in [-0.39, 0.29) is 30.5 Å². The van der Waals surface area contributed by atoms with Gasteiger partial charge < -0.3 is 9.64 Å². The van der Waals surface area contributed by atoms with Gasteiger partial charge in [0.15, 0.2) is 0 Å². The highest BCUT2D eigenvalue weighted by atomic mass is 32.1. The monoisotopic (exact) mass is 310 g/mol. The molecule has 2 unspecified atom stereocenters. The molecule has 1 aromatic heterocycles. The molecule has 0 aromatic carbocycles. The second kappa shape index (κ2) is 7.04. The van der Waals surface area contributed by atoms with Gasteiger partial charge >= 0.3 is 5.97 Å². The average molecular weight is 310 g/mol. The van der Waals surface area contributed by atoms with Crippen molar-refractivity contribution in [2.45, 2.75) is 38.9 Å². The largest absolute Gasteiger partial charge is 0.469 e. The minimum Gasteiger partial charge on any atom is -0.469 e. The van der Waals surface area contributed by atoms with Gasteiger partial charge in [-0.05, 0) is 34.7 Å². The molecule has 2 rings (SSSR count). The van der Waals surface area contributed by atoms with Crippen LogP contribution in [0.4, 0.5) is 0 Å². The standard InChI is InChI=1S/C15H22N2O3S/c1-10(2)8-12-15(19)17(6-4-13(18)20-3)14(16-12)11-5-7-21-9-11/h5,7,9-10,12,14,16H,4,6,8H2,1-3H3.